The number of rotatable bonds is 4. The molecule has 0 aliphatic carbocycles. The Morgan fingerprint density at radius 2 is 2.18 bits per heavy atom. The summed E-state index contributed by atoms with van der Waals surface area (Å²) in [5, 5.41) is 3.23. The van der Waals surface area contributed by atoms with Gasteiger partial charge in [-0.1, -0.05) is 12.1 Å². The monoisotopic (exact) mass is 237 g/mol. The van der Waals surface area contributed by atoms with E-state index in [1.54, 1.807) is 12.1 Å². The van der Waals surface area contributed by atoms with Gasteiger partial charge in [-0.15, -0.1) is 0 Å². The molecule has 1 aliphatic heterocycles. The number of likely N-dealkylation sites (N-methyl/N-ethyl adjacent to an activating group) is 1. The summed E-state index contributed by atoms with van der Waals surface area (Å²) >= 11 is 0. The van der Waals surface area contributed by atoms with Gasteiger partial charge in [0.15, 0.2) is 0 Å². The molecule has 1 fully saturated rings. The van der Waals surface area contributed by atoms with Crippen molar-refractivity contribution >= 4 is 0 Å². The normalized spacial score (nSPS) is 22.4. The minimum atomic E-state index is -0.170. The number of nitrogens with one attached hydrogen (secondary N) is 1. The molecule has 94 valence electrons. The highest BCUT2D eigenvalue weighted by molar-refractivity contribution is 5.22. The predicted octanol–water partition coefficient (Wildman–Crippen LogP) is 2.56. The number of benzene rings is 1. The molecule has 2 rings (SSSR count). The molecule has 3 heteroatoms. The van der Waals surface area contributed by atoms with E-state index in [4.69, 9.17) is 4.74 Å². The van der Waals surface area contributed by atoms with Gasteiger partial charge < -0.3 is 10.1 Å². The van der Waals surface area contributed by atoms with Crippen molar-refractivity contribution in [1.82, 2.24) is 5.32 Å². The predicted molar refractivity (Wildman–Crippen MR) is 66.6 cm³/mol. The van der Waals surface area contributed by atoms with Crippen molar-refractivity contribution < 1.29 is 9.13 Å². The maximum Gasteiger partial charge on any atom is 0.123 e. The van der Waals surface area contributed by atoms with Gasteiger partial charge in [-0.05, 0) is 43.5 Å². The van der Waals surface area contributed by atoms with E-state index in [-0.39, 0.29) is 5.82 Å². The van der Waals surface area contributed by atoms with Gasteiger partial charge in [0.2, 0.25) is 0 Å². The Morgan fingerprint density at radius 1 is 1.41 bits per heavy atom. The van der Waals surface area contributed by atoms with Crippen LogP contribution in [-0.2, 0) is 4.74 Å². The third-order valence-electron chi connectivity index (χ3n) is 3.49. The van der Waals surface area contributed by atoms with Crippen molar-refractivity contribution in [3.05, 3.63) is 35.6 Å². The molecule has 0 aromatic heterocycles. The van der Waals surface area contributed by atoms with Crippen LogP contribution in [0.4, 0.5) is 4.39 Å². The van der Waals surface area contributed by atoms with Crippen molar-refractivity contribution in [3.8, 4) is 0 Å². The molecule has 1 N–H and O–H groups in total. The Balaban J connectivity index is 2.12. The van der Waals surface area contributed by atoms with Gasteiger partial charge in [-0.3, -0.25) is 0 Å². The van der Waals surface area contributed by atoms with E-state index < -0.39 is 0 Å². The Hall–Kier alpha value is -0.930. The van der Waals surface area contributed by atoms with Gasteiger partial charge in [-0.25, -0.2) is 4.39 Å². The first-order chi connectivity index (χ1) is 8.31. The zero-order valence-corrected chi connectivity index (χ0v) is 10.3. The van der Waals surface area contributed by atoms with Crippen molar-refractivity contribution in [3.63, 3.8) is 0 Å². The van der Waals surface area contributed by atoms with Crippen LogP contribution in [0.1, 0.15) is 24.3 Å². The Kier molecular flexibility index (Phi) is 4.51. The SMILES string of the molecule is CNCC(c1ccc(F)cc1)C1CCCOC1. The molecule has 0 spiro atoms. The summed E-state index contributed by atoms with van der Waals surface area (Å²) in [5.74, 6) is 0.791. The van der Waals surface area contributed by atoms with E-state index in [0.717, 1.165) is 26.2 Å². The summed E-state index contributed by atoms with van der Waals surface area (Å²) in [6.45, 7) is 2.62. The van der Waals surface area contributed by atoms with Crippen molar-refractivity contribution in [2.75, 3.05) is 26.8 Å². The maximum absolute atomic E-state index is 12.9. The average molecular weight is 237 g/mol. The molecule has 2 unspecified atom stereocenters. The Bertz CT molecular complexity index is 333. The zero-order valence-electron chi connectivity index (χ0n) is 10.3. The topological polar surface area (TPSA) is 21.3 Å². The molecule has 2 nitrogen and oxygen atoms in total. The largest absolute Gasteiger partial charge is 0.381 e. The summed E-state index contributed by atoms with van der Waals surface area (Å²) in [6.07, 6.45) is 2.33. The lowest BCUT2D eigenvalue weighted by Crippen LogP contribution is -2.30. The number of hydrogen-bond acceptors (Lipinski definition) is 2. The highest BCUT2D eigenvalue weighted by Crippen LogP contribution is 2.30. The Morgan fingerprint density at radius 3 is 2.76 bits per heavy atom. The molecule has 0 amide bonds. The van der Waals surface area contributed by atoms with Gasteiger partial charge in [0.05, 0.1) is 6.61 Å². The van der Waals surface area contributed by atoms with E-state index in [9.17, 15) is 4.39 Å². The Labute approximate surface area is 102 Å². The van der Waals surface area contributed by atoms with Crippen LogP contribution in [0.3, 0.4) is 0 Å². The zero-order chi connectivity index (χ0) is 12.1. The number of ether oxygens (including phenoxy) is 1. The van der Waals surface area contributed by atoms with Gasteiger partial charge in [0, 0.05) is 19.1 Å². The fourth-order valence-electron chi connectivity index (χ4n) is 2.57. The molecule has 0 radical (unpaired) electrons. The summed E-state index contributed by atoms with van der Waals surface area (Å²) in [6, 6.07) is 6.88. The third-order valence-corrected chi connectivity index (χ3v) is 3.49. The van der Waals surface area contributed by atoms with Crippen molar-refractivity contribution in [2.45, 2.75) is 18.8 Å². The third kappa shape index (κ3) is 3.27. The lowest BCUT2D eigenvalue weighted by molar-refractivity contribution is 0.0441. The lowest BCUT2D eigenvalue weighted by Gasteiger charge is -2.30. The summed E-state index contributed by atoms with van der Waals surface area (Å²) < 4.78 is 18.5. The molecule has 0 saturated carbocycles. The molecule has 1 aromatic carbocycles. The second-order valence-corrected chi connectivity index (χ2v) is 4.69. The fourth-order valence-corrected chi connectivity index (χ4v) is 2.57. The van der Waals surface area contributed by atoms with Crippen LogP contribution in [0.5, 0.6) is 0 Å². The minimum absolute atomic E-state index is 0.170. The standard InChI is InChI=1S/C14H20FNO/c1-16-9-14(12-3-2-8-17-10-12)11-4-6-13(15)7-5-11/h4-7,12,14,16H,2-3,8-10H2,1H3. The van der Waals surface area contributed by atoms with Crippen LogP contribution in [0, 0.1) is 11.7 Å². The molecule has 1 saturated heterocycles. The molecular weight excluding hydrogens is 217 g/mol. The van der Waals surface area contributed by atoms with E-state index >= 15 is 0 Å². The van der Waals surface area contributed by atoms with E-state index in [0.29, 0.717) is 11.8 Å². The van der Waals surface area contributed by atoms with Crippen LogP contribution in [0.2, 0.25) is 0 Å². The summed E-state index contributed by atoms with van der Waals surface area (Å²) in [4.78, 5) is 0. The van der Waals surface area contributed by atoms with Gasteiger partial charge in [0.1, 0.15) is 5.82 Å². The smallest absolute Gasteiger partial charge is 0.123 e. The lowest BCUT2D eigenvalue weighted by atomic mass is 9.82. The highest BCUT2D eigenvalue weighted by atomic mass is 19.1. The van der Waals surface area contributed by atoms with Crippen molar-refractivity contribution in [2.24, 2.45) is 5.92 Å². The average Bonchev–Trinajstić information content (AvgIpc) is 2.38. The molecule has 17 heavy (non-hydrogen) atoms. The molecule has 0 bridgehead atoms. The van der Waals surface area contributed by atoms with E-state index in [2.05, 4.69) is 5.32 Å². The molecule has 1 heterocycles. The highest BCUT2D eigenvalue weighted by Gasteiger charge is 2.25. The number of halogens is 1. The molecule has 2 atom stereocenters. The number of hydrogen-bond donors (Lipinski definition) is 1. The van der Waals surface area contributed by atoms with Crippen LogP contribution < -0.4 is 5.32 Å². The fraction of sp³-hybridized carbons (Fsp3) is 0.571. The van der Waals surface area contributed by atoms with E-state index in [1.807, 2.05) is 19.2 Å². The van der Waals surface area contributed by atoms with Gasteiger partial charge in [0.25, 0.3) is 0 Å². The first-order valence-corrected chi connectivity index (χ1v) is 6.29. The molecular formula is C14H20FNO. The molecule has 1 aromatic rings. The van der Waals surface area contributed by atoms with E-state index in [1.165, 1.54) is 12.0 Å². The van der Waals surface area contributed by atoms with Crippen LogP contribution in [0.25, 0.3) is 0 Å². The van der Waals surface area contributed by atoms with Gasteiger partial charge in [-0.2, -0.15) is 0 Å². The van der Waals surface area contributed by atoms with Crippen LogP contribution in [-0.4, -0.2) is 26.8 Å². The first kappa shape index (κ1) is 12.5. The quantitative estimate of drug-likeness (QED) is 0.869. The summed E-state index contributed by atoms with van der Waals surface area (Å²) in [7, 11) is 1.96. The first-order valence-electron chi connectivity index (χ1n) is 6.29. The van der Waals surface area contributed by atoms with Crippen LogP contribution in [0.15, 0.2) is 24.3 Å². The van der Waals surface area contributed by atoms with Gasteiger partial charge >= 0.3 is 0 Å². The van der Waals surface area contributed by atoms with Crippen LogP contribution >= 0.6 is 0 Å². The maximum atomic E-state index is 12.9. The second kappa shape index (κ2) is 6.12. The minimum Gasteiger partial charge on any atom is -0.381 e. The summed E-state index contributed by atoms with van der Waals surface area (Å²) in [5.41, 5.74) is 1.20. The molecule has 1 aliphatic rings. The van der Waals surface area contributed by atoms with Crippen molar-refractivity contribution in [1.29, 1.82) is 0 Å². The second-order valence-electron chi connectivity index (χ2n) is 4.69.